The number of fused-ring (bicyclic) bond motifs is 12. The minimum absolute atomic E-state index is 0.264. The second-order valence-electron chi connectivity index (χ2n) is 17.4. The van der Waals surface area contributed by atoms with Crippen molar-refractivity contribution >= 4 is 179 Å². The molecule has 1 unspecified atom stereocenters. The molecule has 4 heterocycles. The first kappa shape index (κ1) is 46.3. The van der Waals surface area contributed by atoms with E-state index in [-0.39, 0.29) is 12.0 Å². The molecule has 346 valence electrons. The number of esters is 1. The van der Waals surface area contributed by atoms with Crippen LogP contribution in [0.2, 0.25) is 0 Å². The molecule has 0 aliphatic heterocycles. The Labute approximate surface area is 439 Å². The van der Waals surface area contributed by atoms with Gasteiger partial charge in [0.05, 0.1) is 13.2 Å². The molecular formula is C59H44O3S8. The Kier molecular flexibility index (Phi) is 13.5. The molecule has 8 aromatic carbocycles. The highest BCUT2D eigenvalue weighted by Crippen LogP contribution is 2.48. The molecule has 4 aromatic heterocycles. The van der Waals surface area contributed by atoms with Gasteiger partial charge in [-0.2, -0.15) is 0 Å². The van der Waals surface area contributed by atoms with Crippen molar-refractivity contribution in [2.75, 3.05) is 36.2 Å². The number of hydrogen-bond donors (Lipinski definition) is 0. The summed E-state index contributed by atoms with van der Waals surface area (Å²) in [6.07, 6.45) is 0.772. The van der Waals surface area contributed by atoms with Gasteiger partial charge >= 0.3 is 5.97 Å². The Morgan fingerprint density at radius 1 is 0.457 bits per heavy atom. The maximum atomic E-state index is 13.0. The van der Waals surface area contributed by atoms with E-state index in [0.717, 1.165) is 17.3 Å². The van der Waals surface area contributed by atoms with Crippen LogP contribution in [0.5, 0.6) is 0 Å². The molecule has 1 atom stereocenters. The molecule has 70 heavy (non-hydrogen) atoms. The number of benzene rings is 8. The largest absolute Gasteiger partial charge is 0.456 e. The summed E-state index contributed by atoms with van der Waals surface area (Å²) in [6.45, 7) is 4.50. The van der Waals surface area contributed by atoms with E-state index in [4.69, 9.17) is 9.47 Å². The molecule has 0 saturated carbocycles. The van der Waals surface area contributed by atoms with Crippen LogP contribution in [0.4, 0.5) is 0 Å². The van der Waals surface area contributed by atoms with Crippen molar-refractivity contribution in [3.05, 3.63) is 183 Å². The highest BCUT2D eigenvalue weighted by molar-refractivity contribution is 8.01. The number of carbonyl (C=O) groups is 1. The second-order valence-corrected chi connectivity index (χ2v) is 25.7. The van der Waals surface area contributed by atoms with Crippen LogP contribution in [0.25, 0.3) is 80.7 Å². The van der Waals surface area contributed by atoms with Crippen molar-refractivity contribution in [3.63, 3.8) is 0 Å². The summed E-state index contributed by atoms with van der Waals surface area (Å²) < 4.78 is 23.6. The van der Waals surface area contributed by atoms with Gasteiger partial charge in [0.15, 0.2) is 0 Å². The Morgan fingerprint density at radius 2 is 0.786 bits per heavy atom. The normalized spacial score (nSPS) is 12.7. The fourth-order valence-electron chi connectivity index (χ4n) is 9.20. The van der Waals surface area contributed by atoms with Crippen LogP contribution >= 0.6 is 92.4 Å². The second kappa shape index (κ2) is 20.4. The Balaban J connectivity index is 0.901. The first-order chi connectivity index (χ1) is 34.5. The van der Waals surface area contributed by atoms with E-state index >= 15 is 0 Å². The van der Waals surface area contributed by atoms with Crippen LogP contribution in [0.15, 0.2) is 202 Å². The number of rotatable bonds is 18. The lowest BCUT2D eigenvalue weighted by Crippen LogP contribution is -2.37. The molecule has 0 radical (unpaired) electrons. The van der Waals surface area contributed by atoms with Crippen molar-refractivity contribution in [1.82, 2.24) is 0 Å². The highest BCUT2D eigenvalue weighted by atomic mass is 32.2. The molecule has 3 nitrogen and oxygen atoms in total. The van der Waals surface area contributed by atoms with Gasteiger partial charge in [-0.1, -0.05) is 128 Å². The number of ether oxygens (including phenoxy) is 2. The lowest BCUT2D eigenvalue weighted by atomic mass is 9.97. The van der Waals surface area contributed by atoms with Crippen LogP contribution < -0.4 is 0 Å². The lowest BCUT2D eigenvalue weighted by Gasteiger charge is -2.34. The monoisotopic (exact) mass is 1060 g/mol. The van der Waals surface area contributed by atoms with Crippen molar-refractivity contribution in [1.29, 1.82) is 0 Å². The van der Waals surface area contributed by atoms with Gasteiger partial charge in [0.1, 0.15) is 6.10 Å². The Morgan fingerprint density at radius 3 is 1.14 bits per heavy atom. The van der Waals surface area contributed by atoms with Crippen LogP contribution in [0.3, 0.4) is 0 Å². The van der Waals surface area contributed by atoms with E-state index in [1.165, 1.54) is 106 Å². The van der Waals surface area contributed by atoms with Crippen molar-refractivity contribution < 1.29 is 14.3 Å². The van der Waals surface area contributed by atoms with E-state index in [0.29, 0.717) is 12.4 Å². The van der Waals surface area contributed by atoms with E-state index in [2.05, 4.69) is 176 Å². The van der Waals surface area contributed by atoms with Crippen molar-refractivity contribution in [3.8, 4) is 0 Å². The topological polar surface area (TPSA) is 35.5 Å². The first-order valence-corrected chi connectivity index (χ1v) is 30.2. The van der Waals surface area contributed by atoms with E-state index in [1.54, 1.807) is 11.8 Å². The zero-order chi connectivity index (χ0) is 47.0. The van der Waals surface area contributed by atoms with Gasteiger partial charge in [-0.15, -0.1) is 92.4 Å². The molecule has 12 aromatic rings. The molecule has 11 heteroatoms. The number of hydrogen-bond acceptors (Lipinski definition) is 11. The van der Waals surface area contributed by atoms with Crippen LogP contribution in [-0.4, -0.2) is 48.3 Å². The third kappa shape index (κ3) is 9.18. The van der Waals surface area contributed by atoms with E-state index in [1.807, 2.05) is 80.6 Å². The van der Waals surface area contributed by atoms with Gasteiger partial charge in [0, 0.05) is 135 Å². The third-order valence-corrected chi connectivity index (χ3v) is 23.5. The standard InChI is InChI=1S/C59H44O3S8/c1-2-54(60)62-37(32-63-50-27-11-19-42-38-15-3-7-23-46(38)67-55(42)50)31-61-33-59(34-64-51-28-12-20-43-39-16-4-8-24-47(39)68-56(43)51,35-65-52-29-13-21-44-40-17-5-9-25-48(40)69-57(44)52)36-66-53-30-14-22-45-41-18-6-10-26-49(41)70-58(45)53/h2-30,37H,1,31-36H2. The molecular weight excluding hydrogens is 1010 g/mol. The van der Waals surface area contributed by atoms with Gasteiger partial charge in [-0.3, -0.25) is 0 Å². The van der Waals surface area contributed by atoms with Gasteiger partial charge < -0.3 is 9.47 Å². The highest BCUT2D eigenvalue weighted by Gasteiger charge is 2.34. The van der Waals surface area contributed by atoms with Gasteiger partial charge in [-0.05, 0) is 48.5 Å². The smallest absolute Gasteiger partial charge is 0.330 e. The number of carbonyl (C=O) groups excluding carboxylic acids is 1. The summed E-state index contributed by atoms with van der Waals surface area (Å²) in [5.41, 5.74) is -0.334. The molecule has 0 saturated heterocycles. The lowest BCUT2D eigenvalue weighted by molar-refractivity contribution is -0.145. The SMILES string of the molecule is C=CC(=O)OC(COCC(CSc1cccc2c1sc1ccccc12)(CSc1cccc2c1sc1ccccc12)CSc1cccc2c1sc1ccccc12)CSc1cccc2c1sc1ccccc12. The minimum Gasteiger partial charge on any atom is -0.456 e. The Hall–Kier alpha value is -4.79. The molecule has 0 amide bonds. The summed E-state index contributed by atoms with van der Waals surface area (Å²) in [5.74, 6) is 2.58. The maximum Gasteiger partial charge on any atom is 0.330 e. The fourth-order valence-corrected chi connectivity index (χ4v) is 19.7. The van der Waals surface area contributed by atoms with E-state index < -0.39 is 12.1 Å². The summed E-state index contributed by atoms with van der Waals surface area (Å²) in [5, 5.41) is 10.4. The Bertz CT molecular complexity index is 3620. The zero-order valence-corrected chi connectivity index (χ0v) is 44.3. The summed E-state index contributed by atoms with van der Waals surface area (Å²) in [6, 6.07) is 61.7. The predicted octanol–water partition coefficient (Wildman–Crippen LogP) is 18.7. The quantitative estimate of drug-likeness (QED) is 0.0481. The fraction of sp³-hybridized carbons (Fsp3) is 0.136. The molecule has 0 spiro atoms. The van der Waals surface area contributed by atoms with Crippen LogP contribution in [-0.2, 0) is 14.3 Å². The van der Waals surface area contributed by atoms with E-state index in [9.17, 15) is 4.79 Å². The molecule has 0 aliphatic rings. The zero-order valence-electron chi connectivity index (χ0n) is 37.8. The summed E-state index contributed by atoms with van der Waals surface area (Å²) in [7, 11) is 0. The molecule has 0 aliphatic carbocycles. The van der Waals surface area contributed by atoms with Crippen LogP contribution in [0.1, 0.15) is 0 Å². The van der Waals surface area contributed by atoms with Crippen LogP contribution in [0, 0.1) is 5.41 Å². The molecule has 0 fully saturated rings. The minimum atomic E-state index is -0.488. The predicted molar refractivity (Wildman–Crippen MR) is 314 cm³/mol. The maximum absolute atomic E-state index is 13.0. The summed E-state index contributed by atoms with van der Waals surface area (Å²) >= 11 is 15.0. The number of thioether (sulfide) groups is 4. The van der Waals surface area contributed by atoms with Gasteiger partial charge in [-0.25, -0.2) is 4.79 Å². The van der Waals surface area contributed by atoms with Crippen molar-refractivity contribution in [2.45, 2.75) is 25.7 Å². The average Bonchev–Trinajstić information content (AvgIpc) is 4.19. The number of thiophene rings is 4. The summed E-state index contributed by atoms with van der Waals surface area (Å²) in [4.78, 5) is 18.1. The molecule has 0 bridgehead atoms. The van der Waals surface area contributed by atoms with Crippen molar-refractivity contribution in [2.24, 2.45) is 5.41 Å². The molecule has 0 N–H and O–H groups in total. The van der Waals surface area contributed by atoms with Gasteiger partial charge in [0.2, 0.25) is 0 Å². The third-order valence-electron chi connectivity index (χ3n) is 12.7. The average molecular weight is 1060 g/mol. The van der Waals surface area contributed by atoms with Gasteiger partial charge in [0.25, 0.3) is 0 Å². The first-order valence-electron chi connectivity index (χ1n) is 23.0. The molecule has 12 rings (SSSR count).